The highest BCUT2D eigenvalue weighted by Gasteiger charge is 2.22. The molecule has 0 bridgehead atoms. The van der Waals surface area contributed by atoms with Gasteiger partial charge in [0.1, 0.15) is 5.75 Å². The predicted octanol–water partition coefficient (Wildman–Crippen LogP) is 3.02. The zero-order chi connectivity index (χ0) is 13.2. The van der Waals surface area contributed by atoms with Crippen molar-refractivity contribution in [2.45, 2.75) is 46.0 Å². The zero-order valence-corrected chi connectivity index (χ0v) is 10.9. The van der Waals surface area contributed by atoms with Crippen LogP contribution in [0.1, 0.15) is 43.9 Å². The van der Waals surface area contributed by atoms with Crippen molar-refractivity contribution in [2.24, 2.45) is 0 Å². The van der Waals surface area contributed by atoms with Gasteiger partial charge >= 0.3 is 5.97 Å². The van der Waals surface area contributed by atoms with E-state index in [1.165, 1.54) is 0 Å². The van der Waals surface area contributed by atoms with Crippen LogP contribution in [0.15, 0.2) is 12.1 Å². The van der Waals surface area contributed by atoms with Gasteiger partial charge < -0.3 is 10.2 Å². The molecule has 1 rings (SSSR count). The lowest BCUT2D eigenvalue weighted by molar-refractivity contribution is -0.136. The average Bonchev–Trinajstić information content (AvgIpc) is 2.17. The van der Waals surface area contributed by atoms with Gasteiger partial charge in [-0.1, -0.05) is 26.8 Å². The van der Waals surface area contributed by atoms with Gasteiger partial charge in [0.05, 0.1) is 0 Å². The predicted molar refractivity (Wildman–Crippen MR) is 67.5 cm³/mol. The molecule has 0 saturated heterocycles. The number of phenols is 1. The van der Waals surface area contributed by atoms with Crippen molar-refractivity contribution in [1.29, 1.82) is 0 Å². The third-order valence-electron chi connectivity index (χ3n) is 2.88. The summed E-state index contributed by atoms with van der Waals surface area (Å²) in [6.45, 7) is 8.08. The summed E-state index contributed by atoms with van der Waals surface area (Å²) < 4.78 is 0. The third kappa shape index (κ3) is 3.22. The fourth-order valence-corrected chi connectivity index (χ4v) is 2.25. The van der Waals surface area contributed by atoms with E-state index in [1.54, 1.807) is 6.07 Å². The number of carboxylic acid groups (broad SMARTS) is 1. The first-order valence-corrected chi connectivity index (χ1v) is 5.77. The van der Waals surface area contributed by atoms with E-state index in [0.29, 0.717) is 6.42 Å². The molecule has 0 aliphatic heterocycles. The molecular formula is C14H20O3. The standard InChI is InChI=1S/C14H20O3/c1-9-11(15)7-5-10(6-8-12(16)17)13(9)14(2,3)4/h5,7,15H,6,8H2,1-4H3,(H,16,17). The fourth-order valence-electron chi connectivity index (χ4n) is 2.25. The SMILES string of the molecule is Cc1c(O)ccc(CCC(=O)O)c1C(C)(C)C. The maximum absolute atomic E-state index is 10.6. The Labute approximate surface area is 102 Å². The van der Waals surface area contributed by atoms with Gasteiger partial charge in [-0.15, -0.1) is 0 Å². The van der Waals surface area contributed by atoms with Gasteiger partial charge in [-0.25, -0.2) is 0 Å². The summed E-state index contributed by atoms with van der Waals surface area (Å²) in [6.07, 6.45) is 0.621. The molecule has 0 unspecified atom stereocenters. The first kappa shape index (κ1) is 13.6. The lowest BCUT2D eigenvalue weighted by atomic mass is 9.79. The molecule has 0 fully saturated rings. The summed E-state index contributed by atoms with van der Waals surface area (Å²) in [5.74, 6) is -0.524. The van der Waals surface area contributed by atoms with Gasteiger partial charge in [-0.3, -0.25) is 4.79 Å². The van der Waals surface area contributed by atoms with E-state index in [4.69, 9.17) is 5.11 Å². The molecule has 0 spiro atoms. The van der Waals surface area contributed by atoms with Crippen LogP contribution in [0.25, 0.3) is 0 Å². The van der Waals surface area contributed by atoms with Crippen LogP contribution in [-0.2, 0) is 16.6 Å². The molecule has 94 valence electrons. The van der Waals surface area contributed by atoms with Gasteiger partial charge in [-0.05, 0) is 41.5 Å². The van der Waals surface area contributed by atoms with Crippen LogP contribution in [0.3, 0.4) is 0 Å². The minimum atomic E-state index is -0.796. The first-order valence-electron chi connectivity index (χ1n) is 5.77. The number of benzene rings is 1. The Morgan fingerprint density at radius 2 is 1.88 bits per heavy atom. The summed E-state index contributed by atoms with van der Waals surface area (Å²) in [7, 11) is 0. The highest BCUT2D eigenvalue weighted by atomic mass is 16.4. The number of aryl methyl sites for hydroxylation is 1. The number of phenolic OH excluding ortho intramolecular Hbond substituents is 1. The van der Waals surface area contributed by atoms with Crippen molar-refractivity contribution in [3.05, 3.63) is 28.8 Å². The van der Waals surface area contributed by atoms with Crippen LogP contribution in [0, 0.1) is 6.92 Å². The summed E-state index contributed by atoms with van der Waals surface area (Å²) in [5.41, 5.74) is 2.81. The van der Waals surface area contributed by atoms with Crippen molar-refractivity contribution >= 4 is 5.97 Å². The number of aromatic hydroxyl groups is 1. The van der Waals surface area contributed by atoms with E-state index < -0.39 is 5.97 Å². The van der Waals surface area contributed by atoms with Crippen molar-refractivity contribution in [1.82, 2.24) is 0 Å². The number of rotatable bonds is 3. The van der Waals surface area contributed by atoms with E-state index in [9.17, 15) is 9.90 Å². The Morgan fingerprint density at radius 3 is 2.35 bits per heavy atom. The van der Waals surface area contributed by atoms with Crippen LogP contribution in [0.5, 0.6) is 5.75 Å². The number of aliphatic carboxylic acids is 1. The van der Waals surface area contributed by atoms with E-state index >= 15 is 0 Å². The Hall–Kier alpha value is -1.51. The molecule has 0 aliphatic rings. The van der Waals surface area contributed by atoms with E-state index in [-0.39, 0.29) is 17.6 Å². The van der Waals surface area contributed by atoms with Gasteiger partial charge in [0.2, 0.25) is 0 Å². The molecule has 2 N–H and O–H groups in total. The number of carbonyl (C=O) groups is 1. The normalized spacial score (nSPS) is 11.5. The summed E-state index contributed by atoms with van der Waals surface area (Å²) in [6, 6.07) is 3.47. The molecule has 1 aromatic rings. The van der Waals surface area contributed by atoms with Crippen LogP contribution in [0.4, 0.5) is 0 Å². The van der Waals surface area contributed by atoms with Gasteiger partial charge in [-0.2, -0.15) is 0 Å². The molecule has 3 nitrogen and oxygen atoms in total. The van der Waals surface area contributed by atoms with Crippen LogP contribution >= 0.6 is 0 Å². The van der Waals surface area contributed by atoms with E-state index in [0.717, 1.165) is 16.7 Å². The summed E-state index contributed by atoms with van der Waals surface area (Å²) in [4.78, 5) is 10.6. The summed E-state index contributed by atoms with van der Waals surface area (Å²) in [5, 5.41) is 18.5. The number of carboxylic acids is 1. The minimum absolute atomic E-state index is 0.101. The second-order valence-electron chi connectivity index (χ2n) is 5.39. The molecular weight excluding hydrogens is 216 g/mol. The zero-order valence-electron chi connectivity index (χ0n) is 10.9. The van der Waals surface area contributed by atoms with Crippen molar-refractivity contribution < 1.29 is 15.0 Å². The molecule has 0 aromatic heterocycles. The molecule has 17 heavy (non-hydrogen) atoms. The van der Waals surface area contributed by atoms with E-state index in [2.05, 4.69) is 20.8 Å². The van der Waals surface area contributed by atoms with Gasteiger partial charge in [0.25, 0.3) is 0 Å². The second-order valence-corrected chi connectivity index (χ2v) is 5.39. The van der Waals surface area contributed by atoms with Gasteiger partial charge in [0.15, 0.2) is 0 Å². The molecule has 0 radical (unpaired) electrons. The van der Waals surface area contributed by atoms with Crippen molar-refractivity contribution in [2.75, 3.05) is 0 Å². The summed E-state index contributed by atoms with van der Waals surface area (Å²) >= 11 is 0. The molecule has 1 aromatic carbocycles. The van der Waals surface area contributed by atoms with Crippen LogP contribution in [-0.4, -0.2) is 16.2 Å². The topological polar surface area (TPSA) is 57.5 Å². The fraction of sp³-hybridized carbons (Fsp3) is 0.500. The molecule has 0 aliphatic carbocycles. The minimum Gasteiger partial charge on any atom is -0.508 e. The average molecular weight is 236 g/mol. The number of hydrogen-bond donors (Lipinski definition) is 2. The van der Waals surface area contributed by atoms with Crippen LogP contribution in [0.2, 0.25) is 0 Å². The molecule has 0 saturated carbocycles. The highest BCUT2D eigenvalue weighted by molar-refractivity contribution is 5.67. The first-order chi connectivity index (χ1) is 7.73. The Morgan fingerprint density at radius 1 is 1.29 bits per heavy atom. The van der Waals surface area contributed by atoms with Gasteiger partial charge in [0, 0.05) is 6.42 Å². The quantitative estimate of drug-likeness (QED) is 0.848. The van der Waals surface area contributed by atoms with Crippen LogP contribution < -0.4 is 0 Å². The maximum Gasteiger partial charge on any atom is 0.303 e. The smallest absolute Gasteiger partial charge is 0.303 e. The lowest BCUT2D eigenvalue weighted by Crippen LogP contribution is -2.17. The van der Waals surface area contributed by atoms with E-state index in [1.807, 2.05) is 13.0 Å². The second kappa shape index (κ2) is 4.78. The number of hydrogen-bond acceptors (Lipinski definition) is 2. The monoisotopic (exact) mass is 236 g/mol. The maximum atomic E-state index is 10.6. The highest BCUT2D eigenvalue weighted by Crippen LogP contribution is 2.34. The molecule has 3 heteroatoms. The van der Waals surface area contributed by atoms with Crippen molar-refractivity contribution in [3.8, 4) is 5.75 Å². The Balaban J connectivity index is 3.21. The Kier molecular flexibility index (Phi) is 3.81. The molecule has 0 atom stereocenters. The third-order valence-corrected chi connectivity index (χ3v) is 2.88. The largest absolute Gasteiger partial charge is 0.508 e. The molecule has 0 amide bonds. The lowest BCUT2D eigenvalue weighted by Gasteiger charge is -2.26. The Bertz CT molecular complexity index is 428. The molecule has 0 heterocycles. The van der Waals surface area contributed by atoms with Crippen molar-refractivity contribution in [3.63, 3.8) is 0 Å².